The molecule has 0 aromatic carbocycles. The Morgan fingerprint density at radius 2 is 1.20 bits per heavy atom. The van der Waals surface area contributed by atoms with Crippen LogP contribution in [-0.2, 0) is 53.8 Å². The third kappa shape index (κ3) is 12.5. The molecule has 10 heavy (non-hydrogen) atoms. The van der Waals surface area contributed by atoms with E-state index in [2.05, 4.69) is 6.42 Å². The van der Waals surface area contributed by atoms with Gasteiger partial charge >= 0.3 is 21.1 Å². The Labute approximate surface area is 106 Å². The smallest absolute Gasteiger partial charge is 0.358 e. The first-order valence-corrected chi connectivity index (χ1v) is 2.82. The molecule has 1 rings (SSSR count). The van der Waals surface area contributed by atoms with Crippen LogP contribution in [0.2, 0.25) is 0 Å². The van der Waals surface area contributed by atoms with Gasteiger partial charge in [-0.3, -0.25) is 0 Å². The minimum Gasteiger partial charge on any atom is -0.358 e. The molecule has 1 saturated carbocycles. The van der Waals surface area contributed by atoms with Crippen LogP contribution in [0.4, 0.5) is 0 Å². The molecule has 1 aliphatic carbocycles. The van der Waals surface area contributed by atoms with Crippen LogP contribution in [0.5, 0.6) is 0 Å². The molecule has 2 heteroatoms. The van der Waals surface area contributed by atoms with E-state index in [4.69, 9.17) is 0 Å². The third-order valence-electron chi connectivity index (χ3n) is 1.32. The van der Waals surface area contributed by atoms with Gasteiger partial charge < -0.3 is 21.3 Å². The summed E-state index contributed by atoms with van der Waals surface area (Å²) in [5.74, 6) is 0. The predicted octanol–water partition coefficient (Wildman–Crippen LogP) is 3.05. The minimum atomic E-state index is 0. The molecular formula is C8H17WY-. The molecule has 0 atom stereocenters. The van der Waals surface area contributed by atoms with E-state index in [1.807, 2.05) is 0 Å². The Bertz CT molecular complexity index is 24.7. The molecule has 0 spiro atoms. The molecule has 0 saturated heterocycles. The van der Waals surface area contributed by atoms with Crippen molar-refractivity contribution in [3.05, 3.63) is 21.3 Å². The van der Waals surface area contributed by atoms with E-state index in [1.165, 1.54) is 32.1 Å². The van der Waals surface area contributed by atoms with Gasteiger partial charge in [0.2, 0.25) is 0 Å². The summed E-state index contributed by atoms with van der Waals surface area (Å²) >= 11 is 0. The third-order valence-corrected chi connectivity index (χ3v) is 1.32. The van der Waals surface area contributed by atoms with Crippen LogP contribution in [0.15, 0.2) is 0 Å². The molecular weight excluding hydrogens is 369 g/mol. The number of hydrogen-bond acceptors (Lipinski definition) is 0. The van der Waals surface area contributed by atoms with Crippen molar-refractivity contribution >= 4 is 0 Å². The molecule has 0 nitrogen and oxygen atoms in total. The van der Waals surface area contributed by atoms with Gasteiger partial charge in [-0.1, -0.05) is 19.3 Å². The van der Waals surface area contributed by atoms with E-state index in [9.17, 15) is 0 Å². The molecule has 0 amide bonds. The second kappa shape index (κ2) is 17.0. The van der Waals surface area contributed by atoms with Crippen LogP contribution < -0.4 is 0 Å². The summed E-state index contributed by atoms with van der Waals surface area (Å²) in [7, 11) is 0. The molecule has 0 N–H and O–H groups in total. The summed E-state index contributed by atoms with van der Waals surface area (Å²) in [6.45, 7) is 0. The maximum Gasteiger partial charge on any atom is 2.00 e. The average Bonchev–Trinajstić information content (AvgIpc) is 1.72. The Balaban J connectivity index is -0.0000000450. The van der Waals surface area contributed by atoms with Crippen LogP contribution >= 0.6 is 0 Å². The van der Waals surface area contributed by atoms with Gasteiger partial charge in [0.15, 0.2) is 0 Å². The van der Waals surface area contributed by atoms with Crippen molar-refractivity contribution in [1.29, 1.82) is 0 Å². The van der Waals surface area contributed by atoms with Crippen molar-refractivity contribution in [2.24, 2.45) is 0 Å². The fourth-order valence-corrected chi connectivity index (χ4v) is 0.898. The summed E-state index contributed by atoms with van der Waals surface area (Å²) in [6.07, 6.45) is 9.50. The van der Waals surface area contributed by atoms with Crippen molar-refractivity contribution in [2.45, 2.75) is 32.1 Å². The fourth-order valence-electron chi connectivity index (χ4n) is 0.898. The summed E-state index contributed by atoms with van der Waals surface area (Å²) in [5.41, 5.74) is 0. The minimum absolute atomic E-state index is 0. The molecule has 59 valence electrons. The van der Waals surface area contributed by atoms with Gasteiger partial charge in [-0.05, 0) is 0 Å². The zero-order valence-electron chi connectivity index (χ0n) is 7.10. The van der Waals surface area contributed by atoms with Gasteiger partial charge in [0.05, 0.1) is 0 Å². The molecule has 0 aromatic rings. The second-order valence-corrected chi connectivity index (χ2v) is 1.93. The van der Waals surface area contributed by atoms with Gasteiger partial charge in [-0.15, -0.1) is 0 Å². The zero-order chi connectivity index (χ0) is 4.24. The van der Waals surface area contributed by atoms with E-state index in [0.717, 1.165) is 0 Å². The van der Waals surface area contributed by atoms with E-state index in [1.54, 1.807) is 0 Å². The van der Waals surface area contributed by atoms with Crippen molar-refractivity contribution < 1.29 is 53.8 Å². The van der Waals surface area contributed by atoms with Crippen LogP contribution in [-0.4, -0.2) is 0 Å². The second-order valence-electron chi connectivity index (χ2n) is 1.93. The van der Waals surface area contributed by atoms with Gasteiger partial charge in [0.1, 0.15) is 0 Å². The Kier molecular flexibility index (Phi) is 38.6. The Hall–Kier alpha value is 1.79. The van der Waals surface area contributed by atoms with Crippen LogP contribution in [0.1, 0.15) is 32.1 Å². The molecule has 0 bridgehead atoms. The summed E-state index contributed by atoms with van der Waals surface area (Å²) in [5, 5.41) is 0. The van der Waals surface area contributed by atoms with Crippen LogP contribution in [0, 0.1) is 21.3 Å². The molecule has 0 heterocycles. The monoisotopic (exact) mass is 386 g/mol. The molecule has 0 unspecified atom stereocenters. The fraction of sp³-hybridized carbons (Fsp3) is 0.625. The Morgan fingerprint density at radius 1 is 0.800 bits per heavy atom. The Morgan fingerprint density at radius 3 is 1.30 bits per heavy atom. The predicted molar refractivity (Wildman–Crippen MR) is 40.2 cm³/mol. The molecule has 1 aliphatic rings. The quantitative estimate of drug-likeness (QED) is 0.562. The first-order chi connectivity index (χ1) is 3.00. The maximum atomic E-state index is 2.39. The maximum absolute atomic E-state index is 2.39. The van der Waals surface area contributed by atoms with Crippen LogP contribution in [0.25, 0.3) is 0 Å². The zero-order valence-corrected chi connectivity index (χ0v) is 12.9. The molecule has 1 radical (unpaired) electrons. The van der Waals surface area contributed by atoms with E-state index in [-0.39, 0.29) is 68.6 Å². The van der Waals surface area contributed by atoms with Gasteiger partial charge in [-0.2, -0.15) is 12.8 Å². The van der Waals surface area contributed by atoms with E-state index < -0.39 is 0 Å². The first kappa shape index (κ1) is 22.6. The summed E-state index contributed by atoms with van der Waals surface area (Å²) < 4.78 is 0. The largest absolute Gasteiger partial charge is 2.00 e. The number of hydrogen-bond donors (Lipinski definition) is 0. The van der Waals surface area contributed by atoms with Crippen molar-refractivity contribution in [2.75, 3.05) is 0 Å². The van der Waals surface area contributed by atoms with Crippen LogP contribution in [0.3, 0.4) is 0 Å². The van der Waals surface area contributed by atoms with Gasteiger partial charge in [-0.25, -0.2) is 0 Å². The molecule has 1 fully saturated rings. The summed E-state index contributed by atoms with van der Waals surface area (Å²) in [4.78, 5) is 0. The average molecular weight is 386 g/mol. The first-order valence-electron chi connectivity index (χ1n) is 2.82. The molecule has 0 aliphatic heterocycles. The SMILES string of the molecule is [CH-]1CCCCC1.[CH3-].[CH3-].[W+2].[Y]. The van der Waals surface area contributed by atoms with Gasteiger partial charge in [0, 0.05) is 32.7 Å². The summed E-state index contributed by atoms with van der Waals surface area (Å²) in [6, 6.07) is 0. The standard InChI is InChI=1S/C6H11.2CH3.W.Y/c1-2-4-6-5-3-1;;;;/h1H,2-6H2;2*1H3;;/q3*-1;+2;. The van der Waals surface area contributed by atoms with Crippen molar-refractivity contribution in [3.63, 3.8) is 0 Å². The molecule has 0 aromatic heterocycles. The van der Waals surface area contributed by atoms with Crippen molar-refractivity contribution in [3.8, 4) is 0 Å². The van der Waals surface area contributed by atoms with Crippen molar-refractivity contribution in [1.82, 2.24) is 0 Å². The van der Waals surface area contributed by atoms with E-state index in [0.29, 0.717) is 0 Å². The number of rotatable bonds is 0. The van der Waals surface area contributed by atoms with E-state index >= 15 is 0 Å². The topological polar surface area (TPSA) is 0 Å². The van der Waals surface area contributed by atoms with Gasteiger partial charge in [0.25, 0.3) is 0 Å². The normalized spacial score (nSPS) is 14.4.